The Morgan fingerprint density at radius 2 is 1.82 bits per heavy atom. The minimum atomic E-state index is -4.42. The standard InChI is InChI=1S/C21H17F3N2O2/c1-28-19-9-8-17(13-25-19)15-5-3-6-16(11-15)20(27)26-12-14-4-2-7-18(10-14)21(22,23)24/h2-11,13H,12H2,1H3,(H,26,27). The van der Waals surface area contributed by atoms with Crippen LogP contribution in [0, 0.1) is 0 Å². The number of hydrogen-bond donors (Lipinski definition) is 1. The number of halogens is 3. The Bertz CT molecular complexity index is 970. The molecule has 0 fully saturated rings. The third-order valence-electron chi connectivity index (χ3n) is 4.11. The Kier molecular flexibility index (Phi) is 5.63. The number of amides is 1. The number of ether oxygens (including phenoxy) is 1. The summed E-state index contributed by atoms with van der Waals surface area (Å²) in [5.41, 5.74) is 1.64. The van der Waals surface area contributed by atoms with Gasteiger partial charge in [-0.2, -0.15) is 13.2 Å². The fourth-order valence-corrected chi connectivity index (χ4v) is 2.65. The highest BCUT2D eigenvalue weighted by Crippen LogP contribution is 2.29. The fourth-order valence-electron chi connectivity index (χ4n) is 2.65. The Morgan fingerprint density at radius 1 is 1.04 bits per heavy atom. The molecule has 0 atom stereocenters. The maximum Gasteiger partial charge on any atom is 0.416 e. The Balaban J connectivity index is 1.71. The number of nitrogens with one attached hydrogen (secondary N) is 1. The summed E-state index contributed by atoms with van der Waals surface area (Å²) in [6, 6.07) is 15.3. The van der Waals surface area contributed by atoms with Gasteiger partial charge in [0.2, 0.25) is 5.88 Å². The van der Waals surface area contributed by atoms with Crippen LogP contribution in [0.1, 0.15) is 21.5 Å². The van der Waals surface area contributed by atoms with Crippen molar-refractivity contribution in [1.82, 2.24) is 10.3 Å². The van der Waals surface area contributed by atoms with Gasteiger partial charge in [-0.25, -0.2) is 4.98 Å². The summed E-state index contributed by atoms with van der Waals surface area (Å²) < 4.78 is 43.4. The lowest BCUT2D eigenvalue weighted by molar-refractivity contribution is -0.137. The van der Waals surface area contributed by atoms with E-state index in [4.69, 9.17) is 4.74 Å². The molecule has 0 bridgehead atoms. The largest absolute Gasteiger partial charge is 0.481 e. The molecule has 4 nitrogen and oxygen atoms in total. The number of aromatic nitrogens is 1. The number of carbonyl (C=O) groups is 1. The van der Waals surface area contributed by atoms with Crippen LogP contribution in [0.25, 0.3) is 11.1 Å². The van der Waals surface area contributed by atoms with Crippen LogP contribution >= 0.6 is 0 Å². The fraction of sp³-hybridized carbons (Fsp3) is 0.143. The molecule has 1 amide bonds. The van der Waals surface area contributed by atoms with E-state index in [0.29, 0.717) is 17.0 Å². The summed E-state index contributed by atoms with van der Waals surface area (Å²) in [6.07, 6.45) is -2.78. The van der Waals surface area contributed by atoms with Crippen molar-refractivity contribution in [2.24, 2.45) is 0 Å². The van der Waals surface area contributed by atoms with E-state index in [2.05, 4.69) is 10.3 Å². The minimum absolute atomic E-state index is 0.00290. The number of pyridine rings is 1. The van der Waals surface area contributed by atoms with Crippen LogP contribution in [0.5, 0.6) is 5.88 Å². The number of carbonyl (C=O) groups excluding carboxylic acids is 1. The summed E-state index contributed by atoms with van der Waals surface area (Å²) >= 11 is 0. The van der Waals surface area contributed by atoms with Gasteiger partial charge < -0.3 is 10.1 Å². The zero-order chi connectivity index (χ0) is 20.1. The van der Waals surface area contributed by atoms with E-state index in [1.807, 2.05) is 12.1 Å². The predicted molar refractivity (Wildman–Crippen MR) is 98.8 cm³/mol. The van der Waals surface area contributed by atoms with E-state index in [9.17, 15) is 18.0 Å². The van der Waals surface area contributed by atoms with Crippen molar-refractivity contribution >= 4 is 5.91 Å². The van der Waals surface area contributed by atoms with Crippen LogP contribution in [0.4, 0.5) is 13.2 Å². The molecule has 3 aromatic rings. The molecule has 0 aliphatic rings. The van der Waals surface area contributed by atoms with Gasteiger partial charge in [-0.1, -0.05) is 24.3 Å². The molecule has 0 aliphatic heterocycles. The highest BCUT2D eigenvalue weighted by Gasteiger charge is 2.30. The highest BCUT2D eigenvalue weighted by molar-refractivity contribution is 5.95. The lowest BCUT2D eigenvalue weighted by atomic mass is 10.0. The van der Waals surface area contributed by atoms with Crippen molar-refractivity contribution in [3.63, 3.8) is 0 Å². The number of rotatable bonds is 5. The molecule has 0 aliphatic carbocycles. The summed E-state index contributed by atoms with van der Waals surface area (Å²) in [5, 5.41) is 2.65. The zero-order valence-corrected chi connectivity index (χ0v) is 15.0. The van der Waals surface area contributed by atoms with Crippen LogP contribution in [0.2, 0.25) is 0 Å². The summed E-state index contributed by atoms with van der Waals surface area (Å²) in [5.74, 6) is 0.111. The molecule has 0 saturated heterocycles. The lowest BCUT2D eigenvalue weighted by Crippen LogP contribution is -2.23. The van der Waals surface area contributed by atoms with Crippen LogP contribution in [-0.4, -0.2) is 18.0 Å². The first-order chi connectivity index (χ1) is 13.4. The topological polar surface area (TPSA) is 51.2 Å². The monoisotopic (exact) mass is 386 g/mol. The van der Waals surface area contributed by atoms with E-state index < -0.39 is 11.7 Å². The average molecular weight is 386 g/mol. The van der Waals surface area contributed by atoms with Crippen molar-refractivity contribution in [2.75, 3.05) is 7.11 Å². The van der Waals surface area contributed by atoms with Gasteiger partial charge in [-0.3, -0.25) is 4.79 Å². The van der Waals surface area contributed by atoms with Crippen molar-refractivity contribution in [2.45, 2.75) is 12.7 Å². The van der Waals surface area contributed by atoms with Crippen molar-refractivity contribution in [3.05, 3.63) is 83.6 Å². The van der Waals surface area contributed by atoms with Gasteiger partial charge in [0.15, 0.2) is 0 Å². The maximum atomic E-state index is 12.8. The molecule has 1 heterocycles. The van der Waals surface area contributed by atoms with Gasteiger partial charge in [0.1, 0.15) is 0 Å². The lowest BCUT2D eigenvalue weighted by Gasteiger charge is -2.10. The summed E-state index contributed by atoms with van der Waals surface area (Å²) in [4.78, 5) is 16.6. The van der Waals surface area contributed by atoms with Gasteiger partial charge in [-0.05, 0) is 41.5 Å². The smallest absolute Gasteiger partial charge is 0.416 e. The second-order valence-corrected chi connectivity index (χ2v) is 6.05. The Labute approximate surface area is 160 Å². The molecule has 3 rings (SSSR count). The molecule has 144 valence electrons. The molecule has 28 heavy (non-hydrogen) atoms. The van der Waals surface area contributed by atoms with E-state index in [1.165, 1.54) is 19.2 Å². The second kappa shape index (κ2) is 8.12. The van der Waals surface area contributed by atoms with Crippen LogP contribution in [0.3, 0.4) is 0 Å². The first kappa shape index (κ1) is 19.4. The van der Waals surface area contributed by atoms with Crippen LogP contribution in [0.15, 0.2) is 66.9 Å². The van der Waals surface area contributed by atoms with Gasteiger partial charge in [-0.15, -0.1) is 0 Å². The number of benzene rings is 2. The first-order valence-corrected chi connectivity index (χ1v) is 8.41. The maximum absolute atomic E-state index is 12.8. The number of nitrogens with zero attached hydrogens (tertiary/aromatic N) is 1. The molecule has 0 radical (unpaired) electrons. The van der Waals surface area contributed by atoms with Gasteiger partial charge in [0.05, 0.1) is 12.7 Å². The molecule has 0 unspecified atom stereocenters. The molecule has 1 aromatic heterocycles. The molecule has 0 saturated carbocycles. The minimum Gasteiger partial charge on any atom is -0.481 e. The molecular formula is C21H17F3N2O2. The average Bonchev–Trinajstić information content (AvgIpc) is 2.72. The van der Waals surface area contributed by atoms with E-state index in [1.54, 1.807) is 30.5 Å². The SMILES string of the molecule is COc1ccc(-c2cccc(C(=O)NCc3cccc(C(F)(F)F)c3)c2)cn1. The molecule has 0 spiro atoms. The molecule has 7 heteroatoms. The van der Waals surface area contributed by atoms with E-state index in [-0.39, 0.29) is 12.5 Å². The van der Waals surface area contributed by atoms with Crippen LogP contribution in [-0.2, 0) is 12.7 Å². The third-order valence-corrected chi connectivity index (χ3v) is 4.11. The number of methoxy groups -OCH3 is 1. The first-order valence-electron chi connectivity index (χ1n) is 8.41. The predicted octanol–water partition coefficient (Wildman–Crippen LogP) is 4.71. The zero-order valence-electron chi connectivity index (χ0n) is 15.0. The normalized spacial score (nSPS) is 11.1. The quantitative estimate of drug-likeness (QED) is 0.691. The Morgan fingerprint density at radius 3 is 2.50 bits per heavy atom. The van der Waals surface area contributed by atoms with E-state index >= 15 is 0 Å². The van der Waals surface area contributed by atoms with Gasteiger partial charge in [0.25, 0.3) is 5.91 Å². The second-order valence-electron chi connectivity index (χ2n) is 6.05. The van der Waals surface area contributed by atoms with E-state index in [0.717, 1.165) is 23.3 Å². The summed E-state index contributed by atoms with van der Waals surface area (Å²) in [7, 11) is 1.53. The molecule has 2 aromatic carbocycles. The van der Waals surface area contributed by atoms with Crippen molar-refractivity contribution in [3.8, 4) is 17.0 Å². The highest BCUT2D eigenvalue weighted by atomic mass is 19.4. The van der Waals surface area contributed by atoms with Crippen LogP contribution < -0.4 is 10.1 Å². The Hall–Kier alpha value is -3.35. The van der Waals surface area contributed by atoms with Gasteiger partial charge >= 0.3 is 6.18 Å². The third kappa shape index (κ3) is 4.68. The molecular weight excluding hydrogens is 369 g/mol. The number of hydrogen-bond acceptors (Lipinski definition) is 3. The number of alkyl halides is 3. The molecule has 1 N–H and O–H groups in total. The van der Waals surface area contributed by atoms with Crippen molar-refractivity contribution in [1.29, 1.82) is 0 Å². The summed E-state index contributed by atoms with van der Waals surface area (Å²) in [6.45, 7) is -0.00290. The van der Waals surface area contributed by atoms with Crippen molar-refractivity contribution < 1.29 is 22.7 Å². The van der Waals surface area contributed by atoms with Gasteiger partial charge in [0, 0.05) is 29.9 Å².